The third kappa shape index (κ3) is 7.43. The van der Waals surface area contributed by atoms with Crippen LogP contribution in [0.15, 0.2) is 89.8 Å². The maximum absolute atomic E-state index is 13.8. The highest BCUT2D eigenvalue weighted by Gasteiger charge is 2.33. The molecule has 196 valence electrons. The summed E-state index contributed by atoms with van der Waals surface area (Å²) in [5.74, 6) is -0.800. The number of carbonyl (C=O) groups excluding carboxylic acids is 2. The van der Waals surface area contributed by atoms with Gasteiger partial charge < -0.3 is 10.2 Å². The third-order valence-electron chi connectivity index (χ3n) is 5.79. The lowest BCUT2D eigenvalue weighted by atomic mass is 10.1. The van der Waals surface area contributed by atoms with Gasteiger partial charge in [-0.15, -0.1) is 0 Å². The molecule has 0 aliphatic rings. The zero-order valence-electron chi connectivity index (χ0n) is 22.0. The molecule has 37 heavy (non-hydrogen) atoms. The van der Waals surface area contributed by atoms with Crippen LogP contribution in [-0.4, -0.2) is 43.3 Å². The smallest absolute Gasteiger partial charge is 0.264 e. The molecule has 3 rings (SSSR count). The lowest BCUT2D eigenvalue weighted by molar-refractivity contribution is -0.140. The highest BCUT2D eigenvalue weighted by atomic mass is 32.2. The summed E-state index contributed by atoms with van der Waals surface area (Å²) in [6, 6.07) is 23.4. The predicted octanol–water partition coefficient (Wildman–Crippen LogP) is 4.52. The van der Waals surface area contributed by atoms with Crippen LogP contribution in [0.4, 0.5) is 5.69 Å². The van der Waals surface area contributed by atoms with Crippen LogP contribution in [0.2, 0.25) is 0 Å². The Balaban J connectivity index is 1.99. The van der Waals surface area contributed by atoms with Crippen LogP contribution in [0.3, 0.4) is 0 Å². The first-order valence-corrected chi connectivity index (χ1v) is 13.6. The number of anilines is 1. The summed E-state index contributed by atoms with van der Waals surface area (Å²) in [6.45, 7) is 8.93. The van der Waals surface area contributed by atoms with Gasteiger partial charge in [-0.2, -0.15) is 0 Å². The van der Waals surface area contributed by atoms with Crippen molar-refractivity contribution in [2.75, 3.05) is 10.8 Å². The third-order valence-corrected chi connectivity index (χ3v) is 7.58. The monoisotopic (exact) mass is 521 g/mol. The van der Waals surface area contributed by atoms with Crippen LogP contribution >= 0.6 is 0 Å². The minimum atomic E-state index is -4.05. The summed E-state index contributed by atoms with van der Waals surface area (Å²) in [4.78, 5) is 28.4. The first kappa shape index (κ1) is 27.9. The number of aryl methyl sites for hydroxylation is 1. The number of hydrogen-bond donors (Lipinski definition) is 1. The number of para-hydroxylation sites is 1. The van der Waals surface area contributed by atoms with Crippen LogP contribution < -0.4 is 9.62 Å². The minimum absolute atomic E-state index is 0.0789. The second-order valence-electron chi connectivity index (χ2n) is 10.1. The Morgan fingerprint density at radius 2 is 1.41 bits per heavy atom. The van der Waals surface area contributed by atoms with E-state index < -0.39 is 34.1 Å². The quantitative estimate of drug-likeness (QED) is 0.449. The van der Waals surface area contributed by atoms with Gasteiger partial charge in [0.05, 0.1) is 10.6 Å². The Morgan fingerprint density at radius 1 is 0.865 bits per heavy atom. The minimum Gasteiger partial charge on any atom is -0.350 e. The molecule has 0 heterocycles. The number of amides is 2. The Kier molecular flexibility index (Phi) is 8.76. The summed E-state index contributed by atoms with van der Waals surface area (Å²) < 4.78 is 28.4. The van der Waals surface area contributed by atoms with Gasteiger partial charge >= 0.3 is 0 Å². The Hall–Kier alpha value is -3.65. The molecule has 0 bridgehead atoms. The van der Waals surface area contributed by atoms with Crippen LogP contribution in [0.25, 0.3) is 0 Å². The average molecular weight is 522 g/mol. The van der Waals surface area contributed by atoms with Crippen molar-refractivity contribution in [2.45, 2.75) is 57.6 Å². The number of carbonyl (C=O) groups is 2. The number of nitrogens with one attached hydrogen (secondary N) is 1. The molecule has 8 heteroatoms. The lowest BCUT2D eigenvalue weighted by Crippen LogP contribution is -2.54. The maximum atomic E-state index is 13.8. The fourth-order valence-corrected chi connectivity index (χ4v) is 5.22. The van der Waals surface area contributed by atoms with E-state index in [4.69, 9.17) is 0 Å². The molecule has 1 atom stereocenters. The van der Waals surface area contributed by atoms with Crippen LogP contribution in [0.1, 0.15) is 38.8 Å². The van der Waals surface area contributed by atoms with Gasteiger partial charge in [-0.25, -0.2) is 8.42 Å². The van der Waals surface area contributed by atoms with Crippen molar-refractivity contribution in [2.24, 2.45) is 0 Å². The van der Waals surface area contributed by atoms with Gasteiger partial charge in [0.15, 0.2) is 0 Å². The highest BCUT2D eigenvalue weighted by Crippen LogP contribution is 2.24. The molecule has 0 radical (unpaired) electrons. The highest BCUT2D eigenvalue weighted by molar-refractivity contribution is 7.92. The number of rotatable bonds is 9. The molecule has 0 spiro atoms. The fraction of sp³-hybridized carbons (Fsp3) is 0.310. The van der Waals surface area contributed by atoms with Crippen molar-refractivity contribution in [1.82, 2.24) is 10.2 Å². The van der Waals surface area contributed by atoms with Crippen molar-refractivity contribution in [3.8, 4) is 0 Å². The van der Waals surface area contributed by atoms with Gasteiger partial charge in [0.2, 0.25) is 11.8 Å². The second-order valence-corrected chi connectivity index (χ2v) is 11.9. The standard InChI is InChI=1S/C29H35N3O4S/c1-22-16-18-24(19-17-22)20-31(23(2)28(34)30-29(3,4)5)27(33)21-32(25-12-8-6-9-13-25)37(35,36)26-14-10-7-11-15-26/h6-19,23H,20-21H2,1-5H3,(H,30,34). The fourth-order valence-electron chi connectivity index (χ4n) is 3.79. The molecule has 3 aromatic carbocycles. The molecule has 0 saturated heterocycles. The summed E-state index contributed by atoms with van der Waals surface area (Å²) in [6.07, 6.45) is 0. The van der Waals surface area contributed by atoms with E-state index in [1.807, 2.05) is 52.0 Å². The second kappa shape index (κ2) is 11.6. The van der Waals surface area contributed by atoms with Crippen molar-refractivity contribution in [3.63, 3.8) is 0 Å². The summed E-state index contributed by atoms with van der Waals surface area (Å²) >= 11 is 0. The van der Waals surface area contributed by atoms with Crippen molar-refractivity contribution < 1.29 is 18.0 Å². The van der Waals surface area contributed by atoms with E-state index in [0.717, 1.165) is 15.4 Å². The first-order valence-electron chi connectivity index (χ1n) is 12.2. The van der Waals surface area contributed by atoms with Gasteiger partial charge in [0, 0.05) is 12.1 Å². The number of hydrogen-bond acceptors (Lipinski definition) is 4. The largest absolute Gasteiger partial charge is 0.350 e. The molecule has 1 unspecified atom stereocenters. The number of sulfonamides is 1. The number of benzene rings is 3. The SMILES string of the molecule is Cc1ccc(CN(C(=O)CN(c2ccccc2)S(=O)(=O)c2ccccc2)C(C)C(=O)NC(C)(C)C)cc1. The molecule has 2 amide bonds. The van der Waals surface area contributed by atoms with Crippen LogP contribution in [0, 0.1) is 6.92 Å². The van der Waals surface area contributed by atoms with E-state index in [1.165, 1.54) is 17.0 Å². The van der Waals surface area contributed by atoms with Gasteiger partial charge in [0.1, 0.15) is 12.6 Å². The molecule has 0 saturated carbocycles. The van der Waals surface area contributed by atoms with Gasteiger partial charge in [-0.3, -0.25) is 13.9 Å². The van der Waals surface area contributed by atoms with E-state index in [1.54, 1.807) is 55.5 Å². The summed E-state index contributed by atoms with van der Waals surface area (Å²) in [5, 5.41) is 2.93. The molecule has 3 aromatic rings. The van der Waals surface area contributed by atoms with E-state index in [0.29, 0.717) is 5.69 Å². The Labute approximate surface area is 220 Å². The normalized spacial score (nSPS) is 12.5. The van der Waals surface area contributed by atoms with Crippen LogP contribution in [0.5, 0.6) is 0 Å². The molecule has 1 N–H and O–H groups in total. The zero-order valence-corrected chi connectivity index (χ0v) is 22.8. The summed E-state index contributed by atoms with van der Waals surface area (Å²) in [5.41, 5.74) is 1.79. The van der Waals surface area contributed by atoms with E-state index in [2.05, 4.69) is 5.32 Å². The van der Waals surface area contributed by atoms with Crippen molar-refractivity contribution in [1.29, 1.82) is 0 Å². The Morgan fingerprint density at radius 3 is 1.95 bits per heavy atom. The number of nitrogens with zero attached hydrogens (tertiary/aromatic N) is 2. The van der Waals surface area contributed by atoms with E-state index in [-0.39, 0.29) is 17.3 Å². The van der Waals surface area contributed by atoms with Crippen molar-refractivity contribution in [3.05, 3.63) is 96.1 Å². The topological polar surface area (TPSA) is 86.8 Å². The first-order chi connectivity index (χ1) is 17.4. The predicted molar refractivity (Wildman–Crippen MR) is 147 cm³/mol. The van der Waals surface area contributed by atoms with Gasteiger partial charge in [0.25, 0.3) is 10.0 Å². The molecule has 0 fully saturated rings. The zero-order chi connectivity index (χ0) is 27.2. The molecular weight excluding hydrogens is 486 g/mol. The van der Waals surface area contributed by atoms with Gasteiger partial charge in [-0.05, 0) is 64.4 Å². The average Bonchev–Trinajstić information content (AvgIpc) is 2.86. The van der Waals surface area contributed by atoms with E-state index in [9.17, 15) is 18.0 Å². The van der Waals surface area contributed by atoms with Crippen LogP contribution in [-0.2, 0) is 26.2 Å². The molecular formula is C29H35N3O4S. The molecule has 0 aliphatic carbocycles. The maximum Gasteiger partial charge on any atom is 0.264 e. The Bertz CT molecular complexity index is 1300. The molecule has 0 aromatic heterocycles. The van der Waals surface area contributed by atoms with E-state index >= 15 is 0 Å². The molecule has 7 nitrogen and oxygen atoms in total. The van der Waals surface area contributed by atoms with Gasteiger partial charge in [-0.1, -0.05) is 66.2 Å². The summed E-state index contributed by atoms with van der Waals surface area (Å²) in [7, 11) is -4.05. The molecule has 0 aliphatic heterocycles. The van der Waals surface area contributed by atoms with Crippen molar-refractivity contribution >= 4 is 27.5 Å². The lowest BCUT2D eigenvalue weighted by Gasteiger charge is -2.33.